The summed E-state index contributed by atoms with van der Waals surface area (Å²) in [6, 6.07) is 0. The van der Waals surface area contributed by atoms with E-state index in [0.29, 0.717) is 19.3 Å². The Balaban J connectivity index is 4.29. The molecule has 6 heteroatoms. The Morgan fingerprint density at radius 2 is 0.589 bits per heavy atom. The van der Waals surface area contributed by atoms with E-state index in [1.165, 1.54) is 173 Å². The second-order valence-corrected chi connectivity index (χ2v) is 17.6. The smallest absolute Gasteiger partial charge is 0.306 e. The van der Waals surface area contributed by atoms with Gasteiger partial charge in [0.15, 0.2) is 6.10 Å². The summed E-state index contributed by atoms with van der Waals surface area (Å²) in [4.78, 5) is 37.8. The quantitative estimate of drug-likeness (QED) is 0.0347. The molecule has 0 aromatic heterocycles. The van der Waals surface area contributed by atoms with Gasteiger partial charge in [-0.15, -0.1) is 0 Å². The molecule has 6 nitrogen and oxygen atoms in total. The summed E-state index contributed by atoms with van der Waals surface area (Å²) in [5.74, 6) is -0.0410. The van der Waals surface area contributed by atoms with E-state index in [1.807, 2.05) is 0 Å². The lowest BCUT2D eigenvalue weighted by atomic mass is 10.0. The summed E-state index contributed by atoms with van der Waals surface area (Å²) < 4.78 is 16.8. The van der Waals surface area contributed by atoms with Crippen molar-refractivity contribution >= 4 is 17.9 Å². The molecule has 0 amide bonds. The third-order valence-electron chi connectivity index (χ3n) is 11.3. The lowest BCUT2D eigenvalue weighted by Gasteiger charge is -2.18. The number of carbonyl (C=O) groups excluding carboxylic acids is 3. The molecule has 0 heterocycles. The highest BCUT2D eigenvalue weighted by molar-refractivity contribution is 5.71. The predicted molar refractivity (Wildman–Crippen MR) is 238 cm³/mol. The van der Waals surface area contributed by atoms with Crippen LogP contribution < -0.4 is 0 Å². The summed E-state index contributed by atoms with van der Waals surface area (Å²) >= 11 is 0. The Bertz CT molecular complexity index is 841. The Hall–Kier alpha value is -1.59. The van der Waals surface area contributed by atoms with Crippen molar-refractivity contribution in [3.63, 3.8) is 0 Å². The lowest BCUT2D eigenvalue weighted by molar-refractivity contribution is -0.167. The van der Waals surface area contributed by atoms with E-state index in [-0.39, 0.29) is 31.1 Å². The fraction of sp³-hybridized carbons (Fsp3) is 0.940. The standard InChI is InChI=1S/C50H96O6/c1-5-7-9-11-13-15-17-18-19-20-21-22-26-31-35-39-43-50(53)56-47(44-54-48(51)41-37-33-29-25-16-14-12-10-8-6-2)45-55-49(52)42-38-34-30-27-23-24-28-32-36-40-46(3)4/h46-47H,5-45H2,1-4H3/t47-/m0/s1. The molecule has 0 aliphatic carbocycles. The van der Waals surface area contributed by atoms with Gasteiger partial charge in [-0.3, -0.25) is 14.4 Å². The molecule has 0 bridgehead atoms. The molecule has 0 spiro atoms. The Labute approximate surface area is 348 Å². The van der Waals surface area contributed by atoms with E-state index in [4.69, 9.17) is 14.2 Å². The highest BCUT2D eigenvalue weighted by Crippen LogP contribution is 2.17. The minimum Gasteiger partial charge on any atom is -0.462 e. The van der Waals surface area contributed by atoms with Gasteiger partial charge in [0.05, 0.1) is 0 Å². The molecule has 0 aromatic rings. The van der Waals surface area contributed by atoms with Crippen LogP contribution >= 0.6 is 0 Å². The minimum absolute atomic E-state index is 0.0635. The zero-order chi connectivity index (χ0) is 41.0. The van der Waals surface area contributed by atoms with Crippen LogP contribution in [0.3, 0.4) is 0 Å². The molecular weight excluding hydrogens is 697 g/mol. The van der Waals surface area contributed by atoms with Crippen molar-refractivity contribution in [1.29, 1.82) is 0 Å². The molecule has 0 aliphatic heterocycles. The average Bonchev–Trinajstić information content (AvgIpc) is 3.18. The van der Waals surface area contributed by atoms with Crippen LogP contribution in [0.5, 0.6) is 0 Å². The van der Waals surface area contributed by atoms with Gasteiger partial charge < -0.3 is 14.2 Å². The van der Waals surface area contributed by atoms with Gasteiger partial charge in [0.25, 0.3) is 0 Å². The monoisotopic (exact) mass is 793 g/mol. The van der Waals surface area contributed by atoms with Crippen LogP contribution in [-0.4, -0.2) is 37.2 Å². The molecule has 56 heavy (non-hydrogen) atoms. The van der Waals surface area contributed by atoms with Crippen molar-refractivity contribution in [3.05, 3.63) is 0 Å². The number of rotatable bonds is 45. The van der Waals surface area contributed by atoms with Crippen molar-refractivity contribution in [2.24, 2.45) is 5.92 Å². The average molecular weight is 793 g/mol. The first-order chi connectivity index (χ1) is 27.4. The lowest BCUT2D eigenvalue weighted by Crippen LogP contribution is -2.30. The third kappa shape index (κ3) is 43.5. The Morgan fingerprint density at radius 3 is 0.875 bits per heavy atom. The number of unbranched alkanes of at least 4 members (excludes halogenated alkanes) is 32. The number of carbonyl (C=O) groups is 3. The van der Waals surface area contributed by atoms with Crippen molar-refractivity contribution in [3.8, 4) is 0 Å². The molecule has 0 saturated carbocycles. The van der Waals surface area contributed by atoms with Gasteiger partial charge in [-0.2, -0.15) is 0 Å². The molecule has 0 saturated heterocycles. The highest BCUT2D eigenvalue weighted by Gasteiger charge is 2.19. The minimum atomic E-state index is -0.760. The fourth-order valence-electron chi connectivity index (χ4n) is 7.51. The van der Waals surface area contributed by atoms with E-state index in [2.05, 4.69) is 27.7 Å². The molecule has 0 aliphatic rings. The zero-order valence-corrected chi connectivity index (χ0v) is 38.1. The van der Waals surface area contributed by atoms with E-state index < -0.39 is 6.10 Å². The SMILES string of the molecule is CCCCCCCCCCCCCCCCCCC(=O)O[C@@H](COC(=O)CCCCCCCCCCCC)COC(=O)CCCCCCCCCCCC(C)C. The zero-order valence-electron chi connectivity index (χ0n) is 38.1. The summed E-state index contributed by atoms with van der Waals surface area (Å²) in [5, 5.41) is 0. The molecular formula is C50H96O6. The summed E-state index contributed by atoms with van der Waals surface area (Å²) in [6.45, 7) is 8.99. The third-order valence-corrected chi connectivity index (χ3v) is 11.3. The van der Waals surface area contributed by atoms with Crippen molar-refractivity contribution in [2.75, 3.05) is 13.2 Å². The molecule has 0 radical (unpaired) electrons. The Kier molecular flexibility index (Phi) is 43.2. The van der Waals surface area contributed by atoms with Gasteiger partial charge in [-0.25, -0.2) is 0 Å². The molecule has 332 valence electrons. The van der Waals surface area contributed by atoms with E-state index >= 15 is 0 Å². The first kappa shape index (κ1) is 54.4. The van der Waals surface area contributed by atoms with Gasteiger partial charge in [-0.1, -0.05) is 240 Å². The maximum Gasteiger partial charge on any atom is 0.306 e. The van der Waals surface area contributed by atoms with Crippen molar-refractivity contribution in [2.45, 2.75) is 284 Å². The van der Waals surface area contributed by atoms with E-state index in [0.717, 1.165) is 63.7 Å². The highest BCUT2D eigenvalue weighted by atomic mass is 16.6. The van der Waals surface area contributed by atoms with Gasteiger partial charge in [0.1, 0.15) is 13.2 Å². The largest absolute Gasteiger partial charge is 0.462 e. The van der Waals surface area contributed by atoms with Gasteiger partial charge in [0.2, 0.25) is 0 Å². The number of esters is 3. The van der Waals surface area contributed by atoms with E-state index in [1.54, 1.807) is 0 Å². The summed E-state index contributed by atoms with van der Waals surface area (Å²) in [5.41, 5.74) is 0. The molecule has 0 aromatic carbocycles. The molecule has 0 N–H and O–H groups in total. The van der Waals surface area contributed by atoms with Crippen LogP contribution in [0.1, 0.15) is 278 Å². The summed E-state index contributed by atoms with van der Waals surface area (Å²) in [6.07, 6.45) is 45.2. The summed E-state index contributed by atoms with van der Waals surface area (Å²) in [7, 11) is 0. The van der Waals surface area contributed by atoms with Gasteiger partial charge in [0, 0.05) is 19.3 Å². The first-order valence-corrected chi connectivity index (χ1v) is 24.9. The van der Waals surface area contributed by atoms with Crippen LogP contribution in [-0.2, 0) is 28.6 Å². The van der Waals surface area contributed by atoms with E-state index in [9.17, 15) is 14.4 Å². The molecule has 0 unspecified atom stereocenters. The number of hydrogen-bond donors (Lipinski definition) is 0. The van der Waals surface area contributed by atoms with Crippen molar-refractivity contribution in [1.82, 2.24) is 0 Å². The van der Waals surface area contributed by atoms with Crippen molar-refractivity contribution < 1.29 is 28.6 Å². The normalized spacial score (nSPS) is 11.9. The molecule has 0 fully saturated rings. The number of hydrogen-bond acceptors (Lipinski definition) is 6. The predicted octanol–water partition coefficient (Wildman–Crippen LogP) is 15.9. The van der Waals surface area contributed by atoms with Gasteiger partial charge in [-0.05, 0) is 25.2 Å². The van der Waals surface area contributed by atoms with Gasteiger partial charge >= 0.3 is 17.9 Å². The van der Waals surface area contributed by atoms with Crippen LogP contribution in [0.25, 0.3) is 0 Å². The van der Waals surface area contributed by atoms with Crippen LogP contribution in [0.15, 0.2) is 0 Å². The maximum absolute atomic E-state index is 12.8. The maximum atomic E-state index is 12.8. The van der Waals surface area contributed by atoms with Crippen LogP contribution in [0, 0.1) is 5.92 Å². The molecule has 1 atom stereocenters. The Morgan fingerprint density at radius 1 is 0.339 bits per heavy atom. The fourth-order valence-corrected chi connectivity index (χ4v) is 7.51. The second kappa shape index (κ2) is 44.5. The van der Waals surface area contributed by atoms with Crippen LogP contribution in [0.2, 0.25) is 0 Å². The van der Waals surface area contributed by atoms with Crippen LogP contribution in [0.4, 0.5) is 0 Å². The second-order valence-electron chi connectivity index (χ2n) is 17.6. The first-order valence-electron chi connectivity index (χ1n) is 24.9. The molecule has 0 rings (SSSR count). The topological polar surface area (TPSA) is 78.9 Å². The number of ether oxygens (including phenoxy) is 3.